The number of nitrogens with one attached hydrogen (secondary N) is 3. The molecule has 0 aromatic carbocycles. The van der Waals surface area contributed by atoms with Crippen molar-refractivity contribution < 1.29 is 8.42 Å². The topological polar surface area (TPSA) is 122 Å². The molecule has 0 aliphatic rings. The second-order valence-electron chi connectivity index (χ2n) is 5.57. The van der Waals surface area contributed by atoms with Crippen molar-refractivity contribution >= 4 is 21.7 Å². The monoisotopic (exact) mass is 316 g/mol. The summed E-state index contributed by atoms with van der Waals surface area (Å²) in [5.41, 5.74) is 2.68. The number of hydrogen-bond donors (Lipinski definition) is 4. The molecule has 0 saturated heterocycles. The van der Waals surface area contributed by atoms with Gasteiger partial charge in [-0.3, -0.25) is 0 Å². The fourth-order valence-corrected chi connectivity index (χ4v) is 2.95. The van der Waals surface area contributed by atoms with Crippen LogP contribution in [0.5, 0.6) is 0 Å². The van der Waals surface area contributed by atoms with Crippen LogP contribution in [0.3, 0.4) is 0 Å². The first-order chi connectivity index (χ1) is 9.58. The van der Waals surface area contributed by atoms with Gasteiger partial charge in [-0.15, -0.1) is 0 Å². The number of nitrogens with two attached hydrogens (primary N) is 1. The summed E-state index contributed by atoms with van der Waals surface area (Å²) in [5, 5.41) is 3.15. The average Bonchev–Trinajstić information content (AvgIpc) is 2.34. The first kappa shape index (κ1) is 17.6. The molecule has 5 N–H and O–H groups in total. The zero-order chi connectivity index (χ0) is 16.3. The largest absolute Gasteiger partial charge is 0.368 e. The van der Waals surface area contributed by atoms with Crippen LogP contribution in [-0.4, -0.2) is 36.7 Å². The van der Waals surface area contributed by atoms with Crippen molar-refractivity contribution in [1.29, 1.82) is 0 Å². The summed E-state index contributed by atoms with van der Waals surface area (Å²) in [6, 6.07) is 0. The number of hydrogen-bond acceptors (Lipinski definition) is 7. The van der Waals surface area contributed by atoms with Crippen molar-refractivity contribution in [2.24, 2.45) is 5.84 Å². The maximum atomic E-state index is 11.3. The van der Waals surface area contributed by atoms with E-state index in [2.05, 4.69) is 25.4 Å². The highest BCUT2D eigenvalue weighted by atomic mass is 32.2. The molecule has 0 atom stereocenters. The van der Waals surface area contributed by atoms with E-state index in [1.807, 2.05) is 13.8 Å². The number of aryl methyl sites for hydroxylation is 1. The Bertz CT molecular complexity index is 600. The molecule has 0 aliphatic carbocycles. The van der Waals surface area contributed by atoms with Crippen molar-refractivity contribution in [2.45, 2.75) is 39.7 Å². The highest BCUT2D eigenvalue weighted by Gasteiger charge is 2.22. The lowest BCUT2D eigenvalue weighted by Crippen LogP contribution is -2.48. The van der Waals surface area contributed by atoms with Gasteiger partial charge in [0.25, 0.3) is 0 Å². The molecule has 0 fully saturated rings. The van der Waals surface area contributed by atoms with E-state index in [4.69, 9.17) is 5.84 Å². The van der Waals surface area contributed by atoms with Gasteiger partial charge in [0.15, 0.2) is 0 Å². The SMILES string of the molecule is CCc1nc(NN)c(C)c(NCC(C)(C)NS(C)(=O)=O)n1. The highest BCUT2D eigenvalue weighted by Crippen LogP contribution is 2.20. The van der Waals surface area contributed by atoms with Crippen LogP contribution in [0.25, 0.3) is 0 Å². The normalized spacial score (nSPS) is 12.3. The molecule has 0 radical (unpaired) electrons. The molecule has 9 heteroatoms. The van der Waals surface area contributed by atoms with Gasteiger partial charge in [0.2, 0.25) is 10.0 Å². The van der Waals surface area contributed by atoms with E-state index < -0.39 is 15.6 Å². The molecular formula is C12H24N6O2S. The highest BCUT2D eigenvalue weighted by molar-refractivity contribution is 7.88. The lowest BCUT2D eigenvalue weighted by atomic mass is 10.1. The smallest absolute Gasteiger partial charge is 0.209 e. The Labute approximate surface area is 126 Å². The van der Waals surface area contributed by atoms with Gasteiger partial charge in [0.1, 0.15) is 17.5 Å². The maximum Gasteiger partial charge on any atom is 0.209 e. The lowest BCUT2D eigenvalue weighted by molar-refractivity contribution is 0.475. The summed E-state index contributed by atoms with van der Waals surface area (Å²) >= 11 is 0. The zero-order valence-electron chi connectivity index (χ0n) is 13.1. The van der Waals surface area contributed by atoms with Crippen LogP contribution in [0.1, 0.15) is 32.2 Å². The molecule has 1 aromatic rings. The van der Waals surface area contributed by atoms with Crippen molar-refractivity contribution in [3.05, 3.63) is 11.4 Å². The van der Waals surface area contributed by atoms with E-state index >= 15 is 0 Å². The van der Waals surface area contributed by atoms with Gasteiger partial charge in [-0.2, -0.15) is 0 Å². The van der Waals surface area contributed by atoms with Crippen molar-refractivity contribution in [3.8, 4) is 0 Å². The molecular weight excluding hydrogens is 292 g/mol. The van der Waals surface area contributed by atoms with Crippen LogP contribution < -0.4 is 21.3 Å². The van der Waals surface area contributed by atoms with Gasteiger partial charge in [0.05, 0.1) is 6.26 Å². The predicted octanol–water partition coefficient (Wildman–Crippen LogP) is 0.373. The van der Waals surface area contributed by atoms with Crippen molar-refractivity contribution in [3.63, 3.8) is 0 Å². The van der Waals surface area contributed by atoms with E-state index in [0.717, 1.165) is 11.8 Å². The standard InChI is InChI=1S/C12H24N6O2S/c1-6-9-15-10(8(2)11(16-9)17-13)14-7-12(3,4)18-21(5,19)20/h18H,6-7,13H2,1-5H3,(H2,14,15,16,17). The van der Waals surface area contributed by atoms with Crippen LogP contribution in [0.4, 0.5) is 11.6 Å². The second-order valence-corrected chi connectivity index (χ2v) is 7.32. The average molecular weight is 316 g/mol. The molecule has 0 unspecified atom stereocenters. The van der Waals surface area contributed by atoms with Crippen LogP contribution >= 0.6 is 0 Å². The third-order valence-electron chi connectivity index (χ3n) is 2.80. The molecule has 0 spiro atoms. The zero-order valence-corrected chi connectivity index (χ0v) is 13.9. The third kappa shape index (κ3) is 5.44. The van der Waals surface area contributed by atoms with Crippen molar-refractivity contribution in [1.82, 2.24) is 14.7 Å². The number of aromatic nitrogens is 2. The summed E-state index contributed by atoms with van der Waals surface area (Å²) in [4.78, 5) is 8.68. The molecule has 0 aliphatic heterocycles. The quantitative estimate of drug-likeness (QED) is 0.423. The molecule has 0 bridgehead atoms. The van der Waals surface area contributed by atoms with Gasteiger partial charge < -0.3 is 10.7 Å². The van der Waals surface area contributed by atoms with Gasteiger partial charge in [-0.05, 0) is 20.8 Å². The Morgan fingerprint density at radius 1 is 1.24 bits per heavy atom. The van der Waals surface area contributed by atoms with E-state index in [1.54, 1.807) is 13.8 Å². The number of hydrazine groups is 1. The van der Waals surface area contributed by atoms with E-state index in [-0.39, 0.29) is 0 Å². The molecule has 0 amide bonds. The van der Waals surface area contributed by atoms with E-state index in [1.165, 1.54) is 0 Å². The van der Waals surface area contributed by atoms with E-state index in [9.17, 15) is 8.42 Å². The number of anilines is 2. The van der Waals surface area contributed by atoms with Crippen LogP contribution in [0, 0.1) is 6.92 Å². The third-order valence-corrected chi connectivity index (χ3v) is 3.73. The molecule has 8 nitrogen and oxygen atoms in total. The minimum atomic E-state index is -3.28. The van der Waals surface area contributed by atoms with Gasteiger partial charge in [-0.25, -0.2) is 29.0 Å². The Morgan fingerprint density at radius 3 is 2.29 bits per heavy atom. The Balaban J connectivity index is 2.93. The van der Waals surface area contributed by atoms with Gasteiger partial charge in [0, 0.05) is 24.1 Å². The van der Waals surface area contributed by atoms with Crippen LogP contribution in [0.15, 0.2) is 0 Å². The van der Waals surface area contributed by atoms with Crippen LogP contribution in [0.2, 0.25) is 0 Å². The summed E-state index contributed by atoms with van der Waals surface area (Å²) in [5.74, 6) is 7.30. The fraction of sp³-hybridized carbons (Fsp3) is 0.667. The number of sulfonamides is 1. The summed E-state index contributed by atoms with van der Waals surface area (Å²) in [6.07, 6.45) is 1.81. The number of nitrogen functional groups attached to an aromatic ring is 1. The molecule has 1 rings (SSSR count). The fourth-order valence-electron chi connectivity index (χ4n) is 1.88. The van der Waals surface area contributed by atoms with Crippen LogP contribution in [-0.2, 0) is 16.4 Å². The lowest BCUT2D eigenvalue weighted by Gasteiger charge is -2.26. The van der Waals surface area contributed by atoms with Crippen molar-refractivity contribution in [2.75, 3.05) is 23.5 Å². The first-order valence-corrected chi connectivity index (χ1v) is 8.54. The van der Waals surface area contributed by atoms with E-state index in [0.29, 0.717) is 30.4 Å². The molecule has 21 heavy (non-hydrogen) atoms. The summed E-state index contributed by atoms with van der Waals surface area (Å²) in [7, 11) is -3.28. The minimum Gasteiger partial charge on any atom is -0.368 e. The molecule has 1 aromatic heterocycles. The Morgan fingerprint density at radius 2 is 1.81 bits per heavy atom. The van der Waals surface area contributed by atoms with Gasteiger partial charge >= 0.3 is 0 Å². The summed E-state index contributed by atoms with van der Waals surface area (Å²) < 4.78 is 25.2. The molecule has 0 saturated carbocycles. The molecule has 1 heterocycles. The maximum absolute atomic E-state index is 11.3. The van der Waals surface area contributed by atoms with Gasteiger partial charge in [-0.1, -0.05) is 6.92 Å². The second kappa shape index (κ2) is 6.54. The minimum absolute atomic E-state index is 0.380. The number of nitrogens with zero attached hydrogens (tertiary/aromatic N) is 2. The summed E-state index contributed by atoms with van der Waals surface area (Å²) in [6.45, 7) is 7.75. The predicted molar refractivity (Wildman–Crippen MR) is 84.5 cm³/mol. The first-order valence-electron chi connectivity index (χ1n) is 6.65. The molecule has 120 valence electrons. The Kier molecular flexibility index (Phi) is 5.48. The Hall–Kier alpha value is -1.45. The number of rotatable bonds is 7.